The number of unbranched alkanes of at least 4 members (excludes halogenated alkanes) is 15. The van der Waals surface area contributed by atoms with Crippen molar-refractivity contribution in [3.8, 4) is 0 Å². The van der Waals surface area contributed by atoms with Gasteiger partial charge in [-0.25, -0.2) is 0 Å². The number of rotatable bonds is 20. The summed E-state index contributed by atoms with van der Waals surface area (Å²) in [5.41, 5.74) is 1.44. The Kier molecular flexibility index (Phi) is 15.1. The number of hydrogen-bond acceptors (Lipinski definition) is 2. The van der Waals surface area contributed by atoms with Crippen LogP contribution in [0.25, 0.3) is 0 Å². The van der Waals surface area contributed by atoms with E-state index in [0.29, 0.717) is 6.17 Å². The van der Waals surface area contributed by atoms with Crippen LogP contribution in [0.5, 0.6) is 0 Å². The Morgan fingerprint density at radius 1 is 0.500 bits per heavy atom. The minimum atomic E-state index is 0.398. The largest absolute Gasteiger partial charge is 0.352 e. The van der Waals surface area contributed by atoms with Crippen molar-refractivity contribution in [3.63, 3.8) is 0 Å². The second-order valence-electron chi connectivity index (χ2n) is 9.86. The molecule has 0 aromatic heterocycles. The molecule has 0 bridgehead atoms. The predicted molar refractivity (Wildman–Crippen MR) is 142 cm³/mol. The molecule has 2 rings (SSSR count). The van der Waals surface area contributed by atoms with Crippen LogP contribution >= 0.6 is 0 Å². The number of benzene rings is 1. The van der Waals surface area contributed by atoms with Crippen molar-refractivity contribution in [2.45, 2.75) is 129 Å². The lowest BCUT2D eigenvalue weighted by atomic mass is 10.1. The van der Waals surface area contributed by atoms with E-state index in [9.17, 15) is 0 Å². The Morgan fingerprint density at radius 3 is 1.28 bits per heavy atom. The molecule has 0 spiro atoms. The van der Waals surface area contributed by atoms with Crippen LogP contribution in [0.3, 0.4) is 0 Å². The van der Waals surface area contributed by atoms with Gasteiger partial charge in [0.15, 0.2) is 0 Å². The van der Waals surface area contributed by atoms with Gasteiger partial charge in [-0.15, -0.1) is 0 Å². The third kappa shape index (κ3) is 10.9. The van der Waals surface area contributed by atoms with Crippen molar-refractivity contribution >= 4 is 0 Å². The number of hydrogen-bond donors (Lipinski definition) is 0. The Balaban J connectivity index is 1.62. The molecule has 1 unspecified atom stereocenters. The van der Waals surface area contributed by atoms with Gasteiger partial charge in [-0.3, -0.25) is 0 Å². The van der Waals surface area contributed by atoms with Gasteiger partial charge in [-0.05, 0) is 18.4 Å². The van der Waals surface area contributed by atoms with E-state index in [1.807, 2.05) is 0 Å². The maximum atomic E-state index is 2.58. The van der Waals surface area contributed by atoms with Crippen LogP contribution in [0.15, 0.2) is 42.7 Å². The SMILES string of the molecule is CCCCCCCCCCCCCCN1C=CN(CCCCCCC)C1c1ccccc1. The van der Waals surface area contributed by atoms with Gasteiger partial charge in [0.1, 0.15) is 6.17 Å². The molecular formula is C30H52N2. The summed E-state index contributed by atoms with van der Waals surface area (Å²) < 4.78 is 0. The zero-order valence-electron chi connectivity index (χ0n) is 21.4. The van der Waals surface area contributed by atoms with E-state index < -0.39 is 0 Å². The van der Waals surface area contributed by atoms with Crippen molar-refractivity contribution in [3.05, 3.63) is 48.3 Å². The van der Waals surface area contributed by atoms with Gasteiger partial charge in [-0.2, -0.15) is 0 Å². The molecule has 1 aromatic carbocycles. The van der Waals surface area contributed by atoms with Crippen molar-refractivity contribution in [1.29, 1.82) is 0 Å². The Hall–Kier alpha value is -1.44. The quantitative estimate of drug-likeness (QED) is 0.186. The molecule has 1 heterocycles. The molecule has 0 saturated carbocycles. The third-order valence-corrected chi connectivity index (χ3v) is 6.97. The van der Waals surface area contributed by atoms with Gasteiger partial charge < -0.3 is 9.80 Å². The minimum absolute atomic E-state index is 0.398. The summed E-state index contributed by atoms with van der Waals surface area (Å²) in [6, 6.07) is 11.1. The Morgan fingerprint density at radius 2 is 0.875 bits per heavy atom. The van der Waals surface area contributed by atoms with E-state index >= 15 is 0 Å². The minimum Gasteiger partial charge on any atom is -0.352 e. The highest BCUT2D eigenvalue weighted by Crippen LogP contribution is 2.31. The summed E-state index contributed by atoms with van der Waals surface area (Å²) in [7, 11) is 0. The first-order valence-corrected chi connectivity index (χ1v) is 14.1. The fraction of sp³-hybridized carbons (Fsp3) is 0.733. The molecule has 1 aliphatic heterocycles. The average Bonchev–Trinajstić information content (AvgIpc) is 3.23. The summed E-state index contributed by atoms with van der Waals surface area (Å²) in [4.78, 5) is 5.15. The molecule has 1 aliphatic rings. The molecule has 1 aromatic rings. The van der Waals surface area contributed by atoms with E-state index in [0.717, 1.165) is 0 Å². The van der Waals surface area contributed by atoms with Crippen LogP contribution in [0, 0.1) is 0 Å². The second kappa shape index (κ2) is 18.0. The van der Waals surface area contributed by atoms with Crippen LogP contribution in [0.2, 0.25) is 0 Å². The predicted octanol–water partition coefficient (Wildman–Crippen LogP) is 9.45. The van der Waals surface area contributed by atoms with E-state index in [1.165, 1.54) is 128 Å². The van der Waals surface area contributed by atoms with Crippen LogP contribution < -0.4 is 0 Å². The van der Waals surface area contributed by atoms with E-state index in [1.54, 1.807) is 0 Å². The van der Waals surface area contributed by atoms with Crippen LogP contribution in [-0.2, 0) is 0 Å². The molecule has 2 heteroatoms. The van der Waals surface area contributed by atoms with E-state index in [4.69, 9.17) is 0 Å². The molecule has 32 heavy (non-hydrogen) atoms. The maximum absolute atomic E-state index is 2.58. The van der Waals surface area contributed by atoms with Gasteiger partial charge >= 0.3 is 0 Å². The summed E-state index contributed by atoms with van der Waals surface area (Å²) >= 11 is 0. The molecule has 0 fully saturated rings. The van der Waals surface area contributed by atoms with Gasteiger partial charge in [0.25, 0.3) is 0 Å². The standard InChI is InChI=1S/C30H52N2/c1-3-5-7-9-10-11-12-13-14-15-17-22-26-32-28-27-31(25-21-16-8-6-4-2)30(32)29-23-19-18-20-24-29/h18-20,23-24,27-28,30H,3-17,21-22,25-26H2,1-2H3. The fourth-order valence-corrected chi connectivity index (χ4v) is 4.96. The molecule has 1 atom stereocenters. The van der Waals surface area contributed by atoms with Crippen molar-refractivity contribution in [2.24, 2.45) is 0 Å². The van der Waals surface area contributed by atoms with Gasteiger partial charge in [0.2, 0.25) is 0 Å². The summed E-state index contributed by atoms with van der Waals surface area (Å²) in [6.45, 7) is 6.95. The number of nitrogens with zero attached hydrogens (tertiary/aromatic N) is 2. The molecular weight excluding hydrogens is 388 g/mol. The second-order valence-corrected chi connectivity index (χ2v) is 9.86. The van der Waals surface area contributed by atoms with Gasteiger partial charge in [-0.1, -0.05) is 140 Å². The molecule has 0 saturated heterocycles. The highest BCUT2D eigenvalue weighted by Gasteiger charge is 2.26. The zero-order chi connectivity index (χ0) is 22.7. The lowest BCUT2D eigenvalue weighted by molar-refractivity contribution is 0.150. The third-order valence-electron chi connectivity index (χ3n) is 6.97. The summed E-state index contributed by atoms with van der Waals surface area (Å²) in [5, 5.41) is 0. The molecule has 0 N–H and O–H groups in total. The average molecular weight is 441 g/mol. The normalized spacial score (nSPS) is 15.8. The Bertz CT molecular complexity index is 567. The van der Waals surface area contributed by atoms with Crippen LogP contribution in [0.4, 0.5) is 0 Å². The zero-order valence-corrected chi connectivity index (χ0v) is 21.4. The monoisotopic (exact) mass is 440 g/mol. The molecule has 0 radical (unpaired) electrons. The van der Waals surface area contributed by atoms with Crippen LogP contribution in [0.1, 0.15) is 135 Å². The molecule has 0 aliphatic carbocycles. The van der Waals surface area contributed by atoms with Crippen LogP contribution in [-0.4, -0.2) is 22.9 Å². The van der Waals surface area contributed by atoms with Gasteiger partial charge in [0.05, 0.1) is 0 Å². The fourth-order valence-electron chi connectivity index (χ4n) is 4.96. The lowest BCUT2D eigenvalue weighted by Gasteiger charge is -2.33. The van der Waals surface area contributed by atoms with Crippen molar-refractivity contribution in [1.82, 2.24) is 9.80 Å². The summed E-state index contributed by atoms with van der Waals surface area (Å²) in [5.74, 6) is 0. The Labute approximate surface area is 200 Å². The highest BCUT2D eigenvalue weighted by molar-refractivity contribution is 5.21. The molecule has 2 nitrogen and oxygen atoms in total. The lowest BCUT2D eigenvalue weighted by Crippen LogP contribution is -2.32. The topological polar surface area (TPSA) is 6.48 Å². The first kappa shape index (κ1) is 26.8. The maximum Gasteiger partial charge on any atom is 0.127 e. The summed E-state index contributed by atoms with van der Waals surface area (Å²) in [6.07, 6.45) is 28.8. The highest BCUT2D eigenvalue weighted by atomic mass is 15.4. The van der Waals surface area contributed by atoms with Gasteiger partial charge in [0, 0.05) is 25.5 Å². The first-order valence-electron chi connectivity index (χ1n) is 14.1. The van der Waals surface area contributed by atoms with Crippen molar-refractivity contribution < 1.29 is 0 Å². The van der Waals surface area contributed by atoms with Crippen molar-refractivity contribution in [2.75, 3.05) is 13.1 Å². The first-order chi connectivity index (χ1) is 15.9. The molecule has 0 amide bonds. The molecule has 182 valence electrons. The van der Waals surface area contributed by atoms with E-state index in [-0.39, 0.29) is 0 Å². The smallest absolute Gasteiger partial charge is 0.127 e. The van der Waals surface area contributed by atoms with E-state index in [2.05, 4.69) is 66.4 Å².